The fraction of sp³-hybridized carbons (Fsp3) is 0.316. The standard InChI is InChI=1S/C38H37F2N5O3/c1-22(31-17-26(8-6-24(31)5-4-23-2-3-23)27-9-7-25-14-15-41-34(25)18-27)43-38(48)35-19-30(40)21-45(35)36(46)20-42-37(47)33-12-10-28-16-29(39)11-13-32(28)44-33/h4-13,16-18,22-23,30,35,41H,2-3,14-15,19-21H2,1H3,(H,42,47)(H,43,48)/b5-4+/t22-,30+,35-/m0/s1. The first-order valence-electron chi connectivity index (χ1n) is 16.5. The van der Waals surface area contributed by atoms with Gasteiger partial charge in [0.05, 0.1) is 24.6 Å². The third kappa shape index (κ3) is 6.79. The van der Waals surface area contributed by atoms with Gasteiger partial charge in [0, 0.05) is 24.0 Å². The summed E-state index contributed by atoms with van der Waals surface area (Å²) < 4.78 is 28.2. The zero-order chi connectivity index (χ0) is 33.4. The van der Waals surface area contributed by atoms with Gasteiger partial charge in [-0.05, 0) is 96.3 Å². The molecule has 0 bridgehead atoms. The van der Waals surface area contributed by atoms with Crippen LogP contribution in [0.25, 0.3) is 28.1 Å². The summed E-state index contributed by atoms with van der Waals surface area (Å²) in [6.07, 6.45) is 6.18. The lowest BCUT2D eigenvalue weighted by Gasteiger charge is -2.26. The molecule has 1 saturated heterocycles. The van der Waals surface area contributed by atoms with E-state index in [0.29, 0.717) is 16.8 Å². The number of rotatable bonds is 9. The molecule has 0 spiro atoms. The molecule has 2 fully saturated rings. The fourth-order valence-electron chi connectivity index (χ4n) is 6.55. The van der Waals surface area contributed by atoms with Crippen LogP contribution in [0.3, 0.4) is 0 Å². The highest BCUT2D eigenvalue weighted by Crippen LogP contribution is 2.34. The number of nitrogens with one attached hydrogen (secondary N) is 3. The van der Waals surface area contributed by atoms with Crippen LogP contribution >= 0.6 is 0 Å². The Morgan fingerprint density at radius 3 is 2.69 bits per heavy atom. The van der Waals surface area contributed by atoms with Crippen LogP contribution in [0.5, 0.6) is 0 Å². The average molecular weight is 650 g/mol. The van der Waals surface area contributed by atoms with Gasteiger partial charge in [-0.25, -0.2) is 13.8 Å². The summed E-state index contributed by atoms with van der Waals surface area (Å²) in [5.74, 6) is -1.46. The summed E-state index contributed by atoms with van der Waals surface area (Å²) in [6, 6.07) is 18.3. The molecule has 10 heteroatoms. The summed E-state index contributed by atoms with van der Waals surface area (Å²) >= 11 is 0. The van der Waals surface area contributed by atoms with E-state index >= 15 is 0 Å². The number of amides is 3. The number of halogens is 2. The molecule has 3 aromatic carbocycles. The number of benzene rings is 3. The molecule has 4 aromatic rings. The minimum atomic E-state index is -1.37. The lowest BCUT2D eigenvalue weighted by atomic mass is 9.94. The highest BCUT2D eigenvalue weighted by atomic mass is 19.1. The van der Waals surface area contributed by atoms with E-state index in [-0.39, 0.29) is 18.7 Å². The Bertz CT molecular complexity index is 1940. The number of nitrogens with zero attached hydrogens (tertiary/aromatic N) is 2. The van der Waals surface area contributed by atoms with Gasteiger partial charge in [-0.1, -0.05) is 42.5 Å². The van der Waals surface area contributed by atoms with Gasteiger partial charge in [-0.3, -0.25) is 14.4 Å². The Balaban J connectivity index is 1.04. The molecule has 1 aromatic heterocycles. The summed E-state index contributed by atoms with van der Waals surface area (Å²) in [4.78, 5) is 45.1. The van der Waals surface area contributed by atoms with Crippen LogP contribution in [-0.4, -0.2) is 59.5 Å². The van der Waals surface area contributed by atoms with Gasteiger partial charge >= 0.3 is 0 Å². The van der Waals surface area contributed by atoms with Crippen molar-refractivity contribution in [1.29, 1.82) is 0 Å². The van der Waals surface area contributed by atoms with E-state index in [0.717, 1.165) is 40.9 Å². The fourth-order valence-corrected chi connectivity index (χ4v) is 6.55. The predicted molar refractivity (Wildman–Crippen MR) is 181 cm³/mol. The number of allylic oxidation sites excluding steroid dienone is 1. The second-order valence-electron chi connectivity index (χ2n) is 12.9. The second-order valence-corrected chi connectivity index (χ2v) is 12.9. The van der Waals surface area contributed by atoms with Crippen LogP contribution < -0.4 is 16.0 Å². The van der Waals surface area contributed by atoms with Gasteiger partial charge < -0.3 is 20.9 Å². The van der Waals surface area contributed by atoms with Crippen LogP contribution in [0.2, 0.25) is 0 Å². The van der Waals surface area contributed by atoms with Crippen LogP contribution in [0, 0.1) is 11.7 Å². The number of pyridine rings is 1. The molecule has 3 N–H and O–H groups in total. The van der Waals surface area contributed by atoms with Crippen molar-refractivity contribution in [3.63, 3.8) is 0 Å². The highest BCUT2D eigenvalue weighted by molar-refractivity contribution is 5.97. The molecule has 48 heavy (non-hydrogen) atoms. The summed E-state index contributed by atoms with van der Waals surface area (Å²) in [5, 5.41) is 9.55. The number of aromatic nitrogens is 1. The number of carbonyl (C=O) groups excluding carboxylic acids is 3. The minimum Gasteiger partial charge on any atom is -0.384 e. The van der Waals surface area contributed by atoms with Crippen molar-refractivity contribution < 1.29 is 23.2 Å². The molecule has 2 aliphatic heterocycles. The van der Waals surface area contributed by atoms with E-state index in [1.165, 1.54) is 47.6 Å². The topological polar surface area (TPSA) is 103 Å². The van der Waals surface area contributed by atoms with Crippen LogP contribution in [0.4, 0.5) is 14.5 Å². The Hall–Kier alpha value is -5.12. The zero-order valence-corrected chi connectivity index (χ0v) is 26.6. The first-order chi connectivity index (χ1) is 23.2. The minimum absolute atomic E-state index is 0.0553. The molecule has 1 saturated carbocycles. The van der Waals surface area contributed by atoms with Crippen molar-refractivity contribution in [2.24, 2.45) is 5.92 Å². The van der Waals surface area contributed by atoms with Crippen LogP contribution in [-0.2, 0) is 16.0 Å². The van der Waals surface area contributed by atoms with Crippen molar-refractivity contribution in [2.75, 3.05) is 25.0 Å². The van der Waals surface area contributed by atoms with Crippen molar-refractivity contribution in [3.05, 3.63) is 101 Å². The number of hydrogen-bond donors (Lipinski definition) is 3. The van der Waals surface area contributed by atoms with Gasteiger partial charge in [-0.2, -0.15) is 0 Å². The predicted octanol–water partition coefficient (Wildman–Crippen LogP) is 5.98. The Morgan fingerprint density at radius 1 is 1.04 bits per heavy atom. The summed E-state index contributed by atoms with van der Waals surface area (Å²) in [6.45, 7) is 2.16. The average Bonchev–Trinajstić information content (AvgIpc) is 3.65. The van der Waals surface area contributed by atoms with Gasteiger partial charge in [0.25, 0.3) is 5.91 Å². The van der Waals surface area contributed by atoms with Gasteiger partial charge in [0.1, 0.15) is 23.7 Å². The van der Waals surface area contributed by atoms with Crippen molar-refractivity contribution in [1.82, 2.24) is 20.5 Å². The summed E-state index contributed by atoms with van der Waals surface area (Å²) in [5.41, 5.74) is 6.95. The van der Waals surface area contributed by atoms with Crippen LogP contribution in [0.1, 0.15) is 59.4 Å². The lowest BCUT2D eigenvalue weighted by molar-refractivity contribution is -0.138. The molecule has 8 nitrogen and oxygen atoms in total. The van der Waals surface area contributed by atoms with E-state index in [9.17, 15) is 23.2 Å². The second kappa shape index (κ2) is 13.2. The molecule has 3 heterocycles. The Kier molecular flexibility index (Phi) is 8.64. The normalized spacial score (nSPS) is 19.3. The zero-order valence-electron chi connectivity index (χ0n) is 26.6. The molecular weight excluding hydrogens is 612 g/mol. The molecule has 3 atom stereocenters. The van der Waals surface area contributed by atoms with Gasteiger partial charge in [0.2, 0.25) is 11.8 Å². The molecule has 3 aliphatic rings. The lowest BCUT2D eigenvalue weighted by Crippen LogP contribution is -2.49. The Labute approximate surface area is 277 Å². The quantitative estimate of drug-likeness (QED) is 0.207. The van der Waals surface area contributed by atoms with Crippen molar-refractivity contribution in [3.8, 4) is 11.1 Å². The number of likely N-dealkylation sites (tertiary alicyclic amines) is 1. The number of alkyl halides is 1. The first kappa shape index (κ1) is 31.5. The molecule has 1 aliphatic carbocycles. The largest absolute Gasteiger partial charge is 0.384 e. The number of hydrogen-bond acceptors (Lipinski definition) is 5. The molecular formula is C38H37F2N5O3. The molecule has 0 unspecified atom stereocenters. The summed E-state index contributed by atoms with van der Waals surface area (Å²) in [7, 11) is 0. The SMILES string of the molecule is C[C@H](NC(=O)[C@@H]1C[C@@H](F)CN1C(=O)CNC(=O)c1ccc2cc(F)ccc2n1)c1cc(-c2ccc3c(c2)NCC3)ccc1/C=C/C1CC1. The van der Waals surface area contributed by atoms with Gasteiger partial charge in [-0.15, -0.1) is 0 Å². The number of carbonyl (C=O) groups is 3. The maximum absolute atomic E-state index is 14.7. The van der Waals surface area contributed by atoms with E-state index < -0.39 is 48.3 Å². The van der Waals surface area contributed by atoms with Crippen LogP contribution in [0.15, 0.2) is 72.8 Å². The maximum atomic E-state index is 14.7. The highest BCUT2D eigenvalue weighted by Gasteiger charge is 2.40. The monoisotopic (exact) mass is 649 g/mol. The van der Waals surface area contributed by atoms with E-state index in [1.54, 1.807) is 6.07 Å². The first-order valence-corrected chi connectivity index (χ1v) is 16.5. The Morgan fingerprint density at radius 2 is 1.85 bits per heavy atom. The van der Waals surface area contributed by atoms with E-state index in [4.69, 9.17) is 0 Å². The van der Waals surface area contributed by atoms with Gasteiger partial charge in [0.15, 0.2) is 0 Å². The molecule has 246 valence electrons. The van der Waals surface area contributed by atoms with Crippen molar-refractivity contribution >= 4 is 40.4 Å². The third-order valence-corrected chi connectivity index (χ3v) is 9.39. The van der Waals surface area contributed by atoms with Crippen molar-refractivity contribution in [2.45, 2.75) is 50.9 Å². The smallest absolute Gasteiger partial charge is 0.270 e. The molecule has 0 radical (unpaired) electrons. The maximum Gasteiger partial charge on any atom is 0.270 e. The molecule has 3 amide bonds. The number of anilines is 1. The molecule has 7 rings (SSSR count). The third-order valence-electron chi connectivity index (χ3n) is 9.39. The number of fused-ring (bicyclic) bond motifs is 2. The van der Waals surface area contributed by atoms with E-state index in [2.05, 4.69) is 69.5 Å². The van der Waals surface area contributed by atoms with E-state index in [1.807, 2.05) is 6.92 Å².